The first kappa shape index (κ1) is 14.0. The Kier molecular flexibility index (Phi) is 7.87. The van der Waals surface area contributed by atoms with Crippen LogP contribution in [0.15, 0.2) is 0 Å². The van der Waals surface area contributed by atoms with Crippen LogP contribution in [-0.2, 0) is 0 Å². The second kappa shape index (κ2) is 9.00. The van der Waals surface area contributed by atoms with Crippen LogP contribution in [0.1, 0.15) is 57.8 Å². The lowest BCUT2D eigenvalue weighted by Crippen LogP contribution is -2.26. The molecule has 0 aliphatic heterocycles. The molecule has 16 heavy (non-hydrogen) atoms. The van der Waals surface area contributed by atoms with Gasteiger partial charge >= 0.3 is 0 Å². The van der Waals surface area contributed by atoms with Gasteiger partial charge in [-0.3, -0.25) is 0 Å². The molecule has 2 nitrogen and oxygen atoms in total. The maximum Gasteiger partial charge on any atom is 0.00670 e. The third-order valence-corrected chi connectivity index (χ3v) is 3.57. The van der Waals surface area contributed by atoms with E-state index >= 15 is 0 Å². The minimum Gasteiger partial charge on any atom is -0.314 e. The quantitative estimate of drug-likeness (QED) is 0.608. The number of nitrogens with zero attached hydrogens (tertiary/aromatic N) is 1. The molecule has 0 aromatic rings. The average Bonchev–Trinajstić information content (AvgIpc) is 2.74. The van der Waals surface area contributed by atoms with Crippen LogP contribution in [0, 0.1) is 0 Å². The smallest absolute Gasteiger partial charge is 0.00670 e. The highest BCUT2D eigenvalue weighted by Gasteiger charge is 2.12. The SMILES string of the molecule is CN(C)CCCCCCCNC1CCCC1. The molecule has 1 N–H and O–H groups in total. The first-order chi connectivity index (χ1) is 7.79. The molecule has 0 radical (unpaired) electrons. The first-order valence-corrected chi connectivity index (χ1v) is 7.17. The zero-order valence-electron chi connectivity index (χ0n) is 11.3. The second-order valence-corrected chi connectivity index (χ2v) is 5.51. The number of unbranched alkanes of at least 4 members (excludes halogenated alkanes) is 4. The van der Waals surface area contributed by atoms with Gasteiger partial charge in [-0.2, -0.15) is 0 Å². The van der Waals surface area contributed by atoms with Crippen LogP contribution in [-0.4, -0.2) is 38.1 Å². The summed E-state index contributed by atoms with van der Waals surface area (Å²) in [6.45, 7) is 2.50. The van der Waals surface area contributed by atoms with Crippen molar-refractivity contribution >= 4 is 0 Å². The van der Waals surface area contributed by atoms with Crippen LogP contribution < -0.4 is 5.32 Å². The van der Waals surface area contributed by atoms with Gasteiger partial charge < -0.3 is 10.2 Å². The van der Waals surface area contributed by atoms with Gasteiger partial charge in [0, 0.05) is 6.04 Å². The van der Waals surface area contributed by atoms with E-state index in [2.05, 4.69) is 24.3 Å². The Morgan fingerprint density at radius 1 is 0.938 bits per heavy atom. The van der Waals surface area contributed by atoms with Crippen LogP contribution in [0.5, 0.6) is 0 Å². The Morgan fingerprint density at radius 2 is 1.56 bits per heavy atom. The van der Waals surface area contributed by atoms with Gasteiger partial charge in [0.25, 0.3) is 0 Å². The summed E-state index contributed by atoms with van der Waals surface area (Å²) in [5, 5.41) is 3.68. The summed E-state index contributed by atoms with van der Waals surface area (Å²) >= 11 is 0. The van der Waals surface area contributed by atoms with E-state index in [0.29, 0.717) is 0 Å². The summed E-state index contributed by atoms with van der Waals surface area (Å²) < 4.78 is 0. The molecular weight excluding hydrogens is 196 g/mol. The molecule has 0 bridgehead atoms. The first-order valence-electron chi connectivity index (χ1n) is 7.17. The van der Waals surface area contributed by atoms with Crippen molar-refractivity contribution in [2.45, 2.75) is 63.8 Å². The van der Waals surface area contributed by atoms with Gasteiger partial charge in [-0.1, -0.05) is 32.1 Å². The zero-order valence-corrected chi connectivity index (χ0v) is 11.3. The molecule has 96 valence electrons. The van der Waals surface area contributed by atoms with Crippen molar-refractivity contribution in [1.82, 2.24) is 10.2 Å². The molecule has 1 aliphatic rings. The molecule has 0 unspecified atom stereocenters. The zero-order chi connectivity index (χ0) is 11.6. The predicted molar refractivity (Wildman–Crippen MR) is 71.9 cm³/mol. The van der Waals surface area contributed by atoms with Crippen molar-refractivity contribution in [3.63, 3.8) is 0 Å². The van der Waals surface area contributed by atoms with Crippen molar-refractivity contribution in [3.05, 3.63) is 0 Å². The van der Waals surface area contributed by atoms with Gasteiger partial charge in [0.2, 0.25) is 0 Å². The van der Waals surface area contributed by atoms with Crippen LogP contribution in [0.25, 0.3) is 0 Å². The molecule has 1 fully saturated rings. The minimum absolute atomic E-state index is 0.855. The van der Waals surface area contributed by atoms with Crippen LogP contribution in [0.4, 0.5) is 0 Å². The summed E-state index contributed by atoms with van der Waals surface area (Å²) in [7, 11) is 4.32. The van der Waals surface area contributed by atoms with Gasteiger partial charge in [0.05, 0.1) is 0 Å². The summed E-state index contributed by atoms with van der Waals surface area (Å²) in [5.74, 6) is 0. The van der Waals surface area contributed by atoms with E-state index in [1.807, 2.05) is 0 Å². The molecule has 0 saturated heterocycles. The molecule has 0 amide bonds. The van der Waals surface area contributed by atoms with Crippen molar-refractivity contribution in [3.8, 4) is 0 Å². The molecule has 0 aromatic heterocycles. The predicted octanol–water partition coefficient (Wildman–Crippen LogP) is 3.03. The van der Waals surface area contributed by atoms with Gasteiger partial charge in [0.1, 0.15) is 0 Å². The maximum atomic E-state index is 3.68. The fourth-order valence-corrected chi connectivity index (χ4v) is 2.52. The monoisotopic (exact) mass is 226 g/mol. The molecule has 0 heterocycles. The van der Waals surface area contributed by atoms with Gasteiger partial charge in [-0.25, -0.2) is 0 Å². The second-order valence-electron chi connectivity index (χ2n) is 5.51. The summed E-state index contributed by atoms with van der Waals surface area (Å²) in [4.78, 5) is 2.28. The molecular formula is C14H30N2. The van der Waals surface area contributed by atoms with Gasteiger partial charge in [0.15, 0.2) is 0 Å². The molecule has 0 spiro atoms. The van der Waals surface area contributed by atoms with E-state index < -0.39 is 0 Å². The third-order valence-electron chi connectivity index (χ3n) is 3.57. The number of hydrogen-bond donors (Lipinski definition) is 1. The lowest BCUT2D eigenvalue weighted by atomic mass is 10.1. The lowest BCUT2D eigenvalue weighted by Gasteiger charge is -2.11. The van der Waals surface area contributed by atoms with E-state index in [9.17, 15) is 0 Å². The van der Waals surface area contributed by atoms with Crippen molar-refractivity contribution in [2.24, 2.45) is 0 Å². The summed E-state index contributed by atoms with van der Waals surface area (Å²) in [6, 6.07) is 0.855. The van der Waals surface area contributed by atoms with Crippen molar-refractivity contribution in [2.75, 3.05) is 27.2 Å². The van der Waals surface area contributed by atoms with Gasteiger partial charge in [-0.15, -0.1) is 0 Å². The molecule has 0 atom stereocenters. The number of rotatable bonds is 9. The fraction of sp³-hybridized carbons (Fsp3) is 1.00. The normalized spacial score (nSPS) is 17.4. The highest BCUT2D eigenvalue weighted by molar-refractivity contribution is 4.73. The average molecular weight is 226 g/mol. The Hall–Kier alpha value is -0.0800. The highest BCUT2D eigenvalue weighted by Crippen LogP contribution is 2.17. The molecule has 1 saturated carbocycles. The van der Waals surface area contributed by atoms with Crippen LogP contribution >= 0.6 is 0 Å². The van der Waals surface area contributed by atoms with E-state index in [0.717, 1.165) is 6.04 Å². The highest BCUT2D eigenvalue weighted by atomic mass is 15.0. The van der Waals surface area contributed by atoms with E-state index in [4.69, 9.17) is 0 Å². The molecule has 1 aliphatic carbocycles. The minimum atomic E-state index is 0.855. The number of hydrogen-bond acceptors (Lipinski definition) is 2. The van der Waals surface area contributed by atoms with E-state index in [1.54, 1.807) is 0 Å². The summed E-state index contributed by atoms with van der Waals surface area (Å²) in [6.07, 6.45) is 12.7. The van der Waals surface area contributed by atoms with E-state index in [-0.39, 0.29) is 0 Å². The maximum absolute atomic E-state index is 3.68. The number of nitrogens with one attached hydrogen (secondary N) is 1. The molecule has 2 heteroatoms. The Balaban J connectivity index is 1.74. The molecule has 0 aromatic carbocycles. The van der Waals surface area contributed by atoms with Crippen molar-refractivity contribution in [1.29, 1.82) is 0 Å². The molecule has 1 rings (SSSR count). The van der Waals surface area contributed by atoms with Gasteiger partial charge in [-0.05, 0) is 52.9 Å². The van der Waals surface area contributed by atoms with E-state index in [1.165, 1.54) is 70.9 Å². The Bertz CT molecular complexity index is 151. The third kappa shape index (κ3) is 7.24. The fourth-order valence-electron chi connectivity index (χ4n) is 2.52. The van der Waals surface area contributed by atoms with Crippen LogP contribution in [0.2, 0.25) is 0 Å². The Morgan fingerprint density at radius 3 is 2.25 bits per heavy atom. The van der Waals surface area contributed by atoms with Crippen LogP contribution in [0.3, 0.4) is 0 Å². The largest absolute Gasteiger partial charge is 0.314 e. The van der Waals surface area contributed by atoms with Crippen molar-refractivity contribution < 1.29 is 0 Å². The lowest BCUT2D eigenvalue weighted by molar-refractivity contribution is 0.389. The topological polar surface area (TPSA) is 15.3 Å². The Labute approximate surface area is 102 Å². The standard InChI is InChI=1S/C14H30N2/c1-16(2)13-9-5-3-4-8-12-15-14-10-6-7-11-14/h14-15H,3-13H2,1-2H3. The summed E-state index contributed by atoms with van der Waals surface area (Å²) in [5.41, 5.74) is 0.